The number of nitrogens with zero attached hydrogens (tertiary/aromatic N) is 1. The molecular formula is C12H11NO2. The maximum absolute atomic E-state index is 11.5. The van der Waals surface area contributed by atoms with Crippen LogP contribution < -0.4 is 0 Å². The second-order valence-corrected chi connectivity index (χ2v) is 3.32. The number of carbonyl (C=O) groups is 1. The standard InChI is InChI=1S/C12H11NO2/c1-8-4-3-5-10-9(8)6-7-13-11(10)12(14)15-2/h3-7H,1-2H3. The van der Waals surface area contributed by atoms with E-state index in [1.165, 1.54) is 7.11 Å². The van der Waals surface area contributed by atoms with E-state index in [0.29, 0.717) is 5.69 Å². The quantitative estimate of drug-likeness (QED) is 0.665. The van der Waals surface area contributed by atoms with Gasteiger partial charge in [-0.2, -0.15) is 0 Å². The maximum atomic E-state index is 11.5. The summed E-state index contributed by atoms with van der Waals surface area (Å²) in [6.07, 6.45) is 1.63. The van der Waals surface area contributed by atoms with Crippen molar-refractivity contribution in [1.29, 1.82) is 0 Å². The van der Waals surface area contributed by atoms with Gasteiger partial charge in [0.2, 0.25) is 0 Å². The highest BCUT2D eigenvalue weighted by molar-refractivity contribution is 6.03. The molecule has 3 nitrogen and oxygen atoms in total. The lowest BCUT2D eigenvalue weighted by molar-refractivity contribution is 0.0596. The van der Waals surface area contributed by atoms with E-state index in [2.05, 4.69) is 9.72 Å². The maximum Gasteiger partial charge on any atom is 0.357 e. The SMILES string of the molecule is COC(=O)c1nccc2c(C)cccc12. The van der Waals surface area contributed by atoms with Crippen LogP contribution in [0.5, 0.6) is 0 Å². The van der Waals surface area contributed by atoms with Gasteiger partial charge >= 0.3 is 5.97 Å². The summed E-state index contributed by atoms with van der Waals surface area (Å²) in [4.78, 5) is 15.5. The average molecular weight is 201 g/mol. The fourth-order valence-electron chi connectivity index (χ4n) is 1.62. The van der Waals surface area contributed by atoms with Crippen molar-refractivity contribution >= 4 is 16.7 Å². The van der Waals surface area contributed by atoms with Gasteiger partial charge in [-0.25, -0.2) is 9.78 Å². The third-order valence-electron chi connectivity index (χ3n) is 2.40. The van der Waals surface area contributed by atoms with Crippen molar-refractivity contribution in [2.45, 2.75) is 6.92 Å². The summed E-state index contributed by atoms with van der Waals surface area (Å²) >= 11 is 0. The molecule has 0 bridgehead atoms. The lowest BCUT2D eigenvalue weighted by Gasteiger charge is -2.05. The number of pyridine rings is 1. The number of fused-ring (bicyclic) bond motifs is 1. The molecule has 1 aromatic heterocycles. The van der Waals surface area contributed by atoms with Crippen molar-refractivity contribution in [3.05, 3.63) is 41.7 Å². The zero-order valence-corrected chi connectivity index (χ0v) is 8.65. The predicted molar refractivity (Wildman–Crippen MR) is 57.8 cm³/mol. The van der Waals surface area contributed by atoms with Gasteiger partial charge in [0.1, 0.15) is 0 Å². The van der Waals surface area contributed by atoms with Gasteiger partial charge < -0.3 is 4.74 Å². The molecule has 0 aliphatic heterocycles. The molecule has 2 rings (SSSR count). The minimum absolute atomic E-state index is 0.374. The number of methoxy groups -OCH3 is 1. The minimum atomic E-state index is -0.397. The number of rotatable bonds is 1. The summed E-state index contributed by atoms with van der Waals surface area (Å²) in [6, 6.07) is 7.69. The Labute approximate surface area is 87.7 Å². The monoisotopic (exact) mass is 201 g/mol. The van der Waals surface area contributed by atoms with Gasteiger partial charge in [-0.3, -0.25) is 0 Å². The Bertz CT molecular complexity index is 520. The first kappa shape index (κ1) is 9.65. The van der Waals surface area contributed by atoms with Crippen molar-refractivity contribution in [3.63, 3.8) is 0 Å². The Morgan fingerprint density at radius 1 is 1.27 bits per heavy atom. The van der Waals surface area contributed by atoms with E-state index in [1.807, 2.05) is 31.2 Å². The molecule has 0 aliphatic rings. The Morgan fingerprint density at radius 2 is 2.07 bits per heavy atom. The van der Waals surface area contributed by atoms with E-state index in [-0.39, 0.29) is 0 Å². The van der Waals surface area contributed by atoms with Gasteiger partial charge in [-0.1, -0.05) is 18.2 Å². The summed E-state index contributed by atoms with van der Waals surface area (Å²) in [5, 5.41) is 1.87. The van der Waals surface area contributed by atoms with Crippen LogP contribution >= 0.6 is 0 Å². The second kappa shape index (κ2) is 3.69. The Balaban J connectivity index is 2.77. The van der Waals surface area contributed by atoms with Crippen molar-refractivity contribution in [2.75, 3.05) is 7.11 Å². The smallest absolute Gasteiger partial charge is 0.357 e. The molecule has 0 atom stereocenters. The Kier molecular flexibility index (Phi) is 2.37. The van der Waals surface area contributed by atoms with Gasteiger partial charge in [0.05, 0.1) is 7.11 Å². The van der Waals surface area contributed by atoms with E-state index in [9.17, 15) is 4.79 Å². The summed E-state index contributed by atoms with van der Waals surface area (Å²) in [7, 11) is 1.36. The molecule has 76 valence electrons. The van der Waals surface area contributed by atoms with Crippen LogP contribution in [-0.4, -0.2) is 18.1 Å². The van der Waals surface area contributed by atoms with Crippen LogP contribution in [0.1, 0.15) is 16.1 Å². The van der Waals surface area contributed by atoms with Crippen LogP contribution in [0, 0.1) is 6.92 Å². The molecule has 0 saturated heterocycles. The first-order valence-corrected chi connectivity index (χ1v) is 4.66. The third-order valence-corrected chi connectivity index (χ3v) is 2.40. The lowest BCUT2D eigenvalue weighted by atomic mass is 10.1. The molecule has 0 spiro atoms. The number of ether oxygens (including phenoxy) is 1. The van der Waals surface area contributed by atoms with Gasteiger partial charge in [-0.05, 0) is 23.9 Å². The fraction of sp³-hybridized carbons (Fsp3) is 0.167. The fourth-order valence-corrected chi connectivity index (χ4v) is 1.62. The molecule has 0 unspecified atom stereocenters. The van der Waals surface area contributed by atoms with Crippen LogP contribution in [0.2, 0.25) is 0 Å². The molecule has 0 fully saturated rings. The van der Waals surface area contributed by atoms with Crippen molar-refractivity contribution in [3.8, 4) is 0 Å². The van der Waals surface area contributed by atoms with E-state index >= 15 is 0 Å². The Hall–Kier alpha value is -1.90. The average Bonchev–Trinajstić information content (AvgIpc) is 2.28. The van der Waals surface area contributed by atoms with E-state index in [1.54, 1.807) is 6.20 Å². The highest BCUT2D eigenvalue weighted by atomic mass is 16.5. The molecule has 0 amide bonds. The lowest BCUT2D eigenvalue weighted by Crippen LogP contribution is -2.04. The van der Waals surface area contributed by atoms with Crippen LogP contribution in [0.4, 0.5) is 0 Å². The normalized spacial score (nSPS) is 10.3. The minimum Gasteiger partial charge on any atom is -0.464 e. The molecule has 3 heteroatoms. The molecule has 0 saturated carbocycles. The van der Waals surface area contributed by atoms with E-state index in [4.69, 9.17) is 0 Å². The van der Waals surface area contributed by atoms with Crippen molar-refractivity contribution < 1.29 is 9.53 Å². The zero-order chi connectivity index (χ0) is 10.8. The largest absolute Gasteiger partial charge is 0.464 e. The van der Waals surface area contributed by atoms with Crippen LogP contribution in [0.3, 0.4) is 0 Å². The Morgan fingerprint density at radius 3 is 2.80 bits per heavy atom. The molecule has 2 aromatic rings. The molecule has 0 aliphatic carbocycles. The summed E-state index contributed by atoms with van der Waals surface area (Å²) in [5.74, 6) is -0.397. The highest BCUT2D eigenvalue weighted by Crippen LogP contribution is 2.20. The van der Waals surface area contributed by atoms with Crippen LogP contribution in [0.25, 0.3) is 10.8 Å². The van der Waals surface area contributed by atoms with Crippen molar-refractivity contribution in [1.82, 2.24) is 4.98 Å². The molecule has 15 heavy (non-hydrogen) atoms. The van der Waals surface area contributed by atoms with Gasteiger partial charge in [-0.15, -0.1) is 0 Å². The molecule has 0 radical (unpaired) electrons. The number of hydrogen-bond acceptors (Lipinski definition) is 3. The highest BCUT2D eigenvalue weighted by Gasteiger charge is 2.11. The topological polar surface area (TPSA) is 39.2 Å². The molecular weight excluding hydrogens is 190 g/mol. The number of benzene rings is 1. The summed E-state index contributed by atoms with van der Waals surface area (Å²) < 4.78 is 4.68. The van der Waals surface area contributed by atoms with Crippen LogP contribution in [-0.2, 0) is 4.74 Å². The third kappa shape index (κ3) is 1.56. The van der Waals surface area contributed by atoms with Crippen LogP contribution in [0.15, 0.2) is 30.5 Å². The summed E-state index contributed by atoms with van der Waals surface area (Å²) in [5.41, 5.74) is 1.50. The van der Waals surface area contributed by atoms with Gasteiger partial charge in [0, 0.05) is 11.6 Å². The number of aromatic nitrogens is 1. The molecule has 1 aromatic carbocycles. The van der Waals surface area contributed by atoms with Gasteiger partial charge in [0.25, 0.3) is 0 Å². The first-order chi connectivity index (χ1) is 7.24. The second-order valence-electron chi connectivity index (χ2n) is 3.32. The molecule has 1 heterocycles. The number of esters is 1. The number of carbonyl (C=O) groups excluding carboxylic acids is 1. The zero-order valence-electron chi connectivity index (χ0n) is 8.65. The van der Waals surface area contributed by atoms with Crippen molar-refractivity contribution in [2.24, 2.45) is 0 Å². The van der Waals surface area contributed by atoms with E-state index < -0.39 is 5.97 Å². The first-order valence-electron chi connectivity index (χ1n) is 4.66. The summed E-state index contributed by atoms with van der Waals surface area (Å²) in [6.45, 7) is 2.00. The predicted octanol–water partition coefficient (Wildman–Crippen LogP) is 2.33. The number of aryl methyl sites for hydroxylation is 1. The molecule has 0 N–H and O–H groups in total. The van der Waals surface area contributed by atoms with E-state index in [0.717, 1.165) is 16.3 Å². The number of hydrogen-bond donors (Lipinski definition) is 0. The van der Waals surface area contributed by atoms with Gasteiger partial charge in [0.15, 0.2) is 5.69 Å².